The monoisotopic (exact) mass is 257 g/mol. The summed E-state index contributed by atoms with van der Waals surface area (Å²) in [6, 6.07) is 0.169. The normalized spacial score (nSPS) is 18.0. The van der Waals surface area contributed by atoms with Crippen LogP contribution in [0.3, 0.4) is 0 Å². The molecule has 1 atom stereocenters. The van der Waals surface area contributed by atoms with Gasteiger partial charge in [-0.2, -0.15) is 0 Å². The van der Waals surface area contributed by atoms with E-state index in [1.54, 1.807) is 18.7 Å². The van der Waals surface area contributed by atoms with Gasteiger partial charge in [0, 0.05) is 13.2 Å². The first kappa shape index (κ1) is 15.0. The van der Waals surface area contributed by atoms with Gasteiger partial charge in [-0.05, 0) is 33.1 Å². The molecule has 1 aliphatic carbocycles. The van der Waals surface area contributed by atoms with Gasteiger partial charge in [0.05, 0.1) is 6.61 Å². The van der Waals surface area contributed by atoms with Crippen LogP contribution in [-0.2, 0) is 19.1 Å². The average Bonchev–Trinajstić information content (AvgIpc) is 3.18. The Morgan fingerprint density at radius 1 is 1.33 bits per heavy atom. The smallest absolute Gasteiger partial charge is 0.325 e. The van der Waals surface area contributed by atoms with Crippen molar-refractivity contribution < 1.29 is 19.1 Å². The van der Waals surface area contributed by atoms with E-state index in [1.807, 2.05) is 6.92 Å². The Hall–Kier alpha value is -1.10. The number of methoxy groups -OCH3 is 1. The minimum Gasteiger partial charge on any atom is -0.465 e. The first-order valence-corrected chi connectivity index (χ1v) is 6.50. The molecule has 0 aromatic rings. The van der Waals surface area contributed by atoms with Crippen molar-refractivity contribution in [2.45, 2.75) is 51.7 Å². The van der Waals surface area contributed by atoms with Crippen molar-refractivity contribution in [3.63, 3.8) is 0 Å². The third kappa shape index (κ3) is 3.45. The lowest BCUT2D eigenvalue weighted by atomic mass is 10.0. The predicted molar refractivity (Wildman–Crippen MR) is 67.1 cm³/mol. The number of hydrogen-bond acceptors (Lipinski definition) is 4. The summed E-state index contributed by atoms with van der Waals surface area (Å²) in [6.45, 7) is 5.77. The minimum atomic E-state index is -0.852. The highest BCUT2D eigenvalue weighted by molar-refractivity contribution is 5.88. The van der Waals surface area contributed by atoms with Gasteiger partial charge < -0.3 is 14.4 Å². The Morgan fingerprint density at radius 2 is 1.94 bits per heavy atom. The molecule has 0 N–H and O–H groups in total. The fourth-order valence-electron chi connectivity index (χ4n) is 1.79. The lowest BCUT2D eigenvalue weighted by molar-refractivity contribution is -0.160. The summed E-state index contributed by atoms with van der Waals surface area (Å²) >= 11 is 0. The van der Waals surface area contributed by atoms with E-state index in [-0.39, 0.29) is 24.5 Å². The van der Waals surface area contributed by atoms with E-state index >= 15 is 0 Å². The van der Waals surface area contributed by atoms with E-state index in [0.717, 1.165) is 12.8 Å². The third-order valence-corrected chi connectivity index (χ3v) is 3.43. The molecule has 1 rings (SSSR count). The lowest BCUT2D eigenvalue weighted by Crippen LogP contribution is -2.50. The van der Waals surface area contributed by atoms with Crippen LogP contribution in [0.2, 0.25) is 0 Å². The maximum absolute atomic E-state index is 12.4. The number of nitrogens with zero attached hydrogens (tertiary/aromatic N) is 1. The summed E-state index contributed by atoms with van der Waals surface area (Å²) < 4.78 is 10.2. The van der Waals surface area contributed by atoms with Gasteiger partial charge in [-0.3, -0.25) is 9.59 Å². The summed E-state index contributed by atoms with van der Waals surface area (Å²) in [7, 11) is 1.52. The Labute approximate surface area is 108 Å². The lowest BCUT2D eigenvalue weighted by Gasteiger charge is -2.32. The molecule has 0 spiro atoms. The molecule has 0 aromatic heterocycles. The van der Waals surface area contributed by atoms with Gasteiger partial charge in [-0.25, -0.2) is 0 Å². The maximum atomic E-state index is 12.4. The second-order valence-electron chi connectivity index (χ2n) is 4.76. The predicted octanol–water partition coefficient (Wildman–Crippen LogP) is 1.36. The van der Waals surface area contributed by atoms with Gasteiger partial charge in [0.15, 0.2) is 0 Å². The number of carbonyl (C=O) groups excluding carboxylic acids is 2. The molecule has 0 bridgehead atoms. The van der Waals surface area contributed by atoms with Crippen LogP contribution in [0.4, 0.5) is 0 Å². The van der Waals surface area contributed by atoms with Crippen LogP contribution >= 0.6 is 0 Å². The minimum absolute atomic E-state index is 0.0241. The van der Waals surface area contributed by atoms with Crippen molar-refractivity contribution in [1.29, 1.82) is 0 Å². The Morgan fingerprint density at radius 3 is 2.33 bits per heavy atom. The number of rotatable bonds is 7. The van der Waals surface area contributed by atoms with E-state index in [2.05, 4.69) is 0 Å². The van der Waals surface area contributed by atoms with Gasteiger partial charge in [0.25, 0.3) is 5.91 Å². The molecule has 1 amide bonds. The molecule has 1 unspecified atom stereocenters. The molecule has 1 fully saturated rings. The molecule has 5 heteroatoms. The van der Waals surface area contributed by atoms with Gasteiger partial charge >= 0.3 is 5.97 Å². The number of ether oxygens (including phenoxy) is 2. The zero-order valence-electron chi connectivity index (χ0n) is 11.7. The van der Waals surface area contributed by atoms with Gasteiger partial charge in [0.2, 0.25) is 0 Å². The Bertz CT molecular complexity index is 308. The molecule has 0 radical (unpaired) electrons. The van der Waals surface area contributed by atoms with Crippen LogP contribution < -0.4 is 0 Å². The Balaban J connectivity index is 2.72. The maximum Gasteiger partial charge on any atom is 0.325 e. The summed E-state index contributed by atoms with van der Waals surface area (Å²) in [4.78, 5) is 25.6. The third-order valence-electron chi connectivity index (χ3n) is 3.43. The van der Waals surface area contributed by atoms with E-state index in [1.165, 1.54) is 7.11 Å². The molecule has 1 saturated carbocycles. The zero-order chi connectivity index (χ0) is 13.8. The largest absolute Gasteiger partial charge is 0.465 e. The van der Waals surface area contributed by atoms with Gasteiger partial charge in [-0.15, -0.1) is 0 Å². The van der Waals surface area contributed by atoms with Crippen molar-refractivity contribution in [2.24, 2.45) is 0 Å². The molecule has 18 heavy (non-hydrogen) atoms. The Kier molecular flexibility index (Phi) is 5.14. The zero-order valence-corrected chi connectivity index (χ0v) is 11.7. The highest BCUT2D eigenvalue weighted by Crippen LogP contribution is 2.30. The van der Waals surface area contributed by atoms with Crippen molar-refractivity contribution in [3.05, 3.63) is 0 Å². The fourth-order valence-corrected chi connectivity index (χ4v) is 1.79. The van der Waals surface area contributed by atoms with Crippen molar-refractivity contribution >= 4 is 11.9 Å². The van der Waals surface area contributed by atoms with E-state index in [0.29, 0.717) is 13.0 Å². The summed E-state index contributed by atoms with van der Waals surface area (Å²) in [5.74, 6) is -0.477. The average molecular weight is 257 g/mol. The molecule has 0 heterocycles. The molecule has 1 aliphatic rings. The van der Waals surface area contributed by atoms with Crippen LogP contribution in [0, 0.1) is 0 Å². The second-order valence-corrected chi connectivity index (χ2v) is 4.76. The highest BCUT2D eigenvalue weighted by atomic mass is 16.5. The number of amides is 1. The quantitative estimate of drug-likeness (QED) is 0.646. The van der Waals surface area contributed by atoms with Crippen LogP contribution in [0.5, 0.6) is 0 Å². The first-order valence-electron chi connectivity index (χ1n) is 6.50. The van der Waals surface area contributed by atoms with Crippen LogP contribution in [0.25, 0.3) is 0 Å². The molecule has 0 saturated heterocycles. The van der Waals surface area contributed by atoms with Crippen LogP contribution in [0.1, 0.15) is 40.0 Å². The summed E-state index contributed by atoms with van der Waals surface area (Å²) in [6.07, 6.45) is 2.48. The fraction of sp³-hybridized carbons (Fsp3) is 0.846. The van der Waals surface area contributed by atoms with Crippen LogP contribution in [0.15, 0.2) is 0 Å². The second kappa shape index (κ2) is 6.18. The van der Waals surface area contributed by atoms with E-state index in [4.69, 9.17) is 9.47 Å². The van der Waals surface area contributed by atoms with Crippen molar-refractivity contribution in [1.82, 2.24) is 4.90 Å². The molecule has 5 nitrogen and oxygen atoms in total. The summed E-state index contributed by atoms with van der Waals surface area (Å²) in [5, 5.41) is 0. The molecular formula is C13H23NO4. The van der Waals surface area contributed by atoms with Crippen LogP contribution in [-0.4, -0.2) is 48.7 Å². The number of hydrogen-bond donors (Lipinski definition) is 0. The van der Waals surface area contributed by atoms with Crippen molar-refractivity contribution in [2.75, 3.05) is 20.3 Å². The molecular weight excluding hydrogens is 234 g/mol. The first-order chi connectivity index (χ1) is 8.48. The van der Waals surface area contributed by atoms with E-state index in [9.17, 15) is 9.59 Å². The summed E-state index contributed by atoms with van der Waals surface area (Å²) in [5.41, 5.74) is -0.852. The highest BCUT2D eigenvalue weighted by Gasteiger charge is 2.42. The number of carbonyl (C=O) groups is 2. The topological polar surface area (TPSA) is 55.8 Å². The molecule has 0 aromatic carbocycles. The van der Waals surface area contributed by atoms with Crippen molar-refractivity contribution in [3.8, 4) is 0 Å². The van der Waals surface area contributed by atoms with Gasteiger partial charge in [-0.1, -0.05) is 6.92 Å². The molecule has 104 valence electrons. The molecule has 0 aliphatic heterocycles. The van der Waals surface area contributed by atoms with E-state index < -0.39 is 5.60 Å². The SMILES string of the molecule is CCOC(=O)CN(C(=O)C(C)(CC)OC)C1CC1. The van der Waals surface area contributed by atoms with Gasteiger partial charge in [0.1, 0.15) is 12.1 Å². The number of esters is 1. The standard InChI is InChI=1S/C13H23NO4/c1-5-13(3,17-4)12(16)14(10-7-8-10)9-11(15)18-6-2/h10H,5-9H2,1-4H3.